The van der Waals surface area contributed by atoms with Crippen molar-refractivity contribution < 1.29 is 24.9 Å². The first-order valence-electron chi connectivity index (χ1n) is 10.7. The molecular formula is C23H30O5S. The Balaban J connectivity index is 1.46. The maximum atomic E-state index is 10.9. The summed E-state index contributed by atoms with van der Waals surface area (Å²) in [5.74, 6) is 0.462. The zero-order valence-corrected chi connectivity index (χ0v) is 17.4. The Hall–Kier alpha value is -1.50. The molecule has 2 fully saturated rings. The van der Waals surface area contributed by atoms with Crippen molar-refractivity contribution in [2.45, 2.75) is 74.1 Å². The third-order valence-electron chi connectivity index (χ3n) is 6.58. The van der Waals surface area contributed by atoms with Gasteiger partial charge in [0.2, 0.25) is 0 Å². The Labute approximate surface area is 176 Å². The van der Waals surface area contributed by atoms with Crippen LogP contribution in [-0.2, 0) is 4.79 Å². The van der Waals surface area contributed by atoms with Crippen LogP contribution in [0.25, 0.3) is 0 Å². The van der Waals surface area contributed by atoms with Gasteiger partial charge in [0.05, 0.1) is 22.9 Å². The third kappa shape index (κ3) is 4.65. The van der Waals surface area contributed by atoms with Gasteiger partial charge in [-0.15, -0.1) is 11.8 Å². The monoisotopic (exact) mass is 418 g/mol. The highest BCUT2D eigenvalue weighted by Crippen LogP contribution is 2.53. The van der Waals surface area contributed by atoms with E-state index in [4.69, 9.17) is 9.84 Å². The summed E-state index contributed by atoms with van der Waals surface area (Å²) in [6.07, 6.45) is 10.4. The molecule has 2 aliphatic carbocycles. The van der Waals surface area contributed by atoms with Crippen LogP contribution in [0.4, 0.5) is 0 Å². The van der Waals surface area contributed by atoms with E-state index in [1.165, 1.54) is 43.9 Å². The predicted octanol–water partition coefficient (Wildman–Crippen LogP) is 3.98. The Morgan fingerprint density at radius 3 is 2.83 bits per heavy atom. The molecule has 0 bridgehead atoms. The van der Waals surface area contributed by atoms with Gasteiger partial charge in [-0.25, -0.2) is 0 Å². The van der Waals surface area contributed by atoms with Crippen molar-refractivity contribution in [3.63, 3.8) is 0 Å². The average Bonchev–Trinajstić information content (AvgIpc) is 3.20. The molecule has 6 heteroatoms. The van der Waals surface area contributed by atoms with E-state index in [9.17, 15) is 15.0 Å². The molecule has 1 aromatic carbocycles. The highest BCUT2D eigenvalue weighted by atomic mass is 32.2. The van der Waals surface area contributed by atoms with Crippen molar-refractivity contribution in [1.29, 1.82) is 0 Å². The zero-order valence-electron chi connectivity index (χ0n) is 16.6. The van der Waals surface area contributed by atoms with E-state index in [1.54, 1.807) is 0 Å². The van der Waals surface area contributed by atoms with Gasteiger partial charge in [-0.05, 0) is 18.4 Å². The predicted molar refractivity (Wildman–Crippen MR) is 112 cm³/mol. The quantitative estimate of drug-likeness (QED) is 0.459. The number of carbonyl (C=O) groups is 1. The van der Waals surface area contributed by atoms with E-state index >= 15 is 0 Å². The van der Waals surface area contributed by atoms with E-state index in [0.29, 0.717) is 12.3 Å². The fourth-order valence-electron chi connectivity index (χ4n) is 5.23. The van der Waals surface area contributed by atoms with Crippen LogP contribution in [0.5, 0.6) is 5.75 Å². The lowest BCUT2D eigenvalue weighted by atomic mass is 9.84. The number of thioether (sulfide) groups is 1. The highest BCUT2D eigenvalue weighted by Gasteiger charge is 2.49. The van der Waals surface area contributed by atoms with E-state index in [-0.39, 0.29) is 23.7 Å². The van der Waals surface area contributed by atoms with Crippen LogP contribution < -0.4 is 4.74 Å². The van der Waals surface area contributed by atoms with Gasteiger partial charge in [0, 0.05) is 23.8 Å². The largest absolute Gasteiger partial charge is 0.488 e. The molecule has 158 valence electrons. The number of hydrogen-bond acceptors (Lipinski definition) is 5. The summed E-state index contributed by atoms with van der Waals surface area (Å²) in [6, 6.07) is 5.84. The number of aliphatic hydroxyl groups is 2. The van der Waals surface area contributed by atoms with Crippen LogP contribution in [0.1, 0.15) is 56.4 Å². The van der Waals surface area contributed by atoms with Gasteiger partial charge in [0.25, 0.3) is 0 Å². The second-order valence-corrected chi connectivity index (χ2v) is 9.63. The molecule has 0 saturated heterocycles. The minimum Gasteiger partial charge on any atom is -0.488 e. The highest BCUT2D eigenvalue weighted by molar-refractivity contribution is 8.00. The van der Waals surface area contributed by atoms with Crippen molar-refractivity contribution in [2.75, 3.05) is 5.75 Å². The van der Waals surface area contributed by atoms with Gasteiger partial charge in [-0.3, -0.25) is 4.79 Å². The van der Waals surface area contributed by atoms with Gasteiger partial charge in [0.15, 0.2) is 0 Å². The fraction of sp³-hybridized carbons (Fsp3) is 0.609. The molecule has 0 spiro atoms. The molecule has 0 unspecified atom stereocenters. The third-order valence-corrected chi connectivity index (χ3v) is 7.60. The summed E-state index contributed by atoms with van der Waals surface area (Å²) < 4.78 is 6.15. The van der Waals surface area contributed by atoms with Gasteiger partial charge < -0.3 is 20.1 Å². The summed E-state index contributed by atoms with van der Waals surface area (Å²) in [6.45, 7) is 0. The van der Waals surface area contributed by atoms with Gasteiger partial charge in [-0.2, -0.15) is 0 Å². The molecule has 0 amide bonds. The number of para-hydroxylation sites is 1. The summed E-state index contributed by atoms with van der Waals surface area (Å²) >= 11 is 1.27. The molecule has 0 aromatic heterocycles. The lowest BCUT2D eigenvalue weighted by molar-refractivity contribution is -0.133. The number of hydrogen-bond donors (Lipinski definition) is 3. The molecule has 29 heavy (non-hydrogen) atoms. The van der Waals surface area contributed by atoms with Crippen LogP contribution in [-0.4, -0.2) is 45.4 Å². The van der Waals surface area contributed by atoms with Gasteiger partial charge in [-0.1, -0.05) is 56.4 Å². The minimum atomic E-state index is -0.853. The van der Waals surface area contributed by atoms with Crippen molar-refractivity contribution in [1.82, 2.24) is 0 Å². The first-order valence-corrected chi connectivity index (χ1v) is 11.7. The fourth-order valence-corrected chi connectivity index (χ4v) is 5.98. The SMILES string of the molecule is O=C(O)CSc1cccc2c1O[C@H]1C[C@@H](O)[C@H](C=C[C@@H](O)CC3CCCCC3)[C@@H]21. The molecular weight excluding hydrogens is 388 g/mol. The van der Waals surface area contributed by atoms with E-state index < -0.39 is 18.2 Å². The van der Waals surface area contributed by atoms with E-state index in [2.05, 4.69) is 0 Å². The number of carboxylic acid groups (broad SMARTS) is 1. The molecule has 5 atom stereocenters. The number of ether oxygens (including phenoxy) is 1. The van der Waals surface area contributed by atoms with Crippen LogP contribution in [0.15, 0.2) is 35.2 Å². The number of carboxylic acids is 1. The molecule has 3 N–H and O–H groups in total. The molecule has 1 aliphatic heterocycles. The maximum absolute atomic E-state index is 10.9. The standard InChI is InChI=1S/C23H30O5S/c24-15(11-14-5-2-1-3-6-14)9-10-16-18(25)12-19-22(16)17-7-4-8-20(23(17)28-19)29-13-21(26)27/h4,7-10,14-16,18-19,22,24-25H,1-3,5-6,11-13H2,(H,26,27)/t15-,16+,18-,19+,22+/m1/s1. The van der Waals surface area contributed by atoms with Crippen LogP contribution >= 0.6 is 11.8 Å². The Morgan fingerprint density at radius 1 is 1.28 bits per heavy atom. The molecule has 1 aromatic rings. The Morgan fingerprint density at radius 2 is 2.07 bits per heavy atom. The van der Waals surface area contributed by atoms with Gasteiger partial charge >= 0.3 is 5.97 Å². The zero-order chi connectivity index (χ0) is 20.4. The van der Waals surface area contributed by atoms with Crippen LogP contribution in [0, 0.1) is 11.8 Å². The minimum absolute atomic E-state index is 0.00549. The summed E-state index contributed by atoms with van der Waals surface area (Å²) in [4.78, 5) is 11.8. The number of benzene rings is 1. The molecule has 1 heterocycles. The summed E-state index contributed by atoms with van der Waals surface area (Å²) in [7, 11) is 0. The molecule has 2 saturated carbocycles. The lowest BCUT2D eigenvalue weighted by Gasteiger charge is -2.23. The number of aliphatic hydroxyl groups excluding tert-OH is 2. The first-order chi connectivity index (χ1) is 14.0. The number of rotatable bonds is 7. The van der Waals surface area contributed by atoms with Crippen molar-refractivity contribution >= 4 is 17.7 Å². The maximum Gasteiger partial charge on any atom is 0.313 e. The first kappa shape index (κ1) is 20.8. The van der Waals surface area contributed by atoms with Crippen molar-refractivity contribution in [3.8, 4) is 5.75 Å². The normalized spacial score (nSPS) is 30.1. The second-order valence-electron chi connectivity index (χ2n) is 8.61. The van der Waals surface area contributed by atoms with Gasteiger partial charge in [0.1, 0.15) is 11.9 Å². The summed E-state index contributed by atoms with van der Waals surface area (Å²) in [5.41, 5.74) is 1.04. The van der Waals surface area contributed by atoms with Crippen LogP contribution in [0.2, 0.25) is 0 Å². The molecule has 5 nitrogen and oxygen atoms in total. The molecule has 3 aliphatic rings. The van der Waals surface area contributed by atoms with Crippen LogP contribution in [0.3, 0.4) is 0 Å². The summed E-state index contributed by atoms with van der Waals surface area (Å²) in [5, 5.41) is 30.1. The van der Waals surface area contributed by atoms with Crippen molar-refractivity contribution in [3.05, 3.63) is 35.9 Å². The van der Waals surface area contributed by atoms with E-state index in [1.807, 2.05) is 30.4 Å². The average molecular weight is 419 g/mol. The number of fused-ring (bicyclic) bond motifs is 3. The topological polar surface area (TPSA) is 87.0 Å². The molecule has 0 radical (unpaired) electrons. The number of aliphatic carboxylic acids is 1. The second kappa shape index (κ2) is 9.11. The molecule has 4 rings (SSSR count). The van der Waals surface area contributed by atoms with Crippen molar-refractivity contribution in [2.24, 2.45) is 11.8 Å². The lowest BCUT2D eigenvalue weighted by Crippen LogP contribution is -2.18. The smallest absolute Gasteiger partial charge is 0.313 e. The Bertz CT molecular complexity index is 758. The van der Waals surface area contributed by atoms with E-state index in [0.717, 1.165) is 22.6 Å². The Kier molecular flexibility index (Phi) is 6.52.